The molecular weight excluding hydrogens is 238 g/mol. The Morgan fingerprint density at radius 2 is 1.95 bits per heavy atom. The van der Waals surface area contributed by atoms with Crippen LogP contribution in [0.1, 0.15) is 26.7 Å². The standard InChI is InChI=1S/C15H31N3O/c1-3-13-10-18(6-5-14(13)9-16)12-15-11-17(4-2)7-8-19-15/h13-15H,3-12,16H2,1-2H3. The van der Waals surface area contributed by atoms with E-state index in [4.69, 9.17) is 10.5 Å². The summed E-state index contributed by atoms with van der Waals surface area (Å²) in [6.07, 6.45) is 2.92. The van der Waals surface area contributed by atoms with Crippen LogP contribution in [0.5, 0.6) is 0 Å². The topological polar surface area (TPSA) is 41.7 Å². The van der Waals surface area contributed by atoms with E-state index >= 15 is 0 Å². The number of nitrogens with two attached hydrogens (primary N) is 1. The van der Waals surface area contributed by atoms with Gasteiger partial charge >= 0.3 is 0 Å². The number of rotatable bonds is 5. The number of nitrogens with zero attached hydrogens (tertiary/aromatic N) is 2. The van der Waals surface area contributed by atoms with E-state index in [1.807, 2.05) is 0 Å². The zero-order chi connectivity index (χ0) is 13.7. The summed E-state index contributed by atoms with van der Waals surface area (Å²) in [7, 11) is 0. The van der Waals surface area contributed by atoms with Crippen LogP contribution in [0.4, 0.5) is 0 Å². The van der Waals surface area contributed by atoms with Crippen molar-refractivity contribution in [1.29, 1.82) is 0 Å². The van der Waals surface area contributed by atoms with Gasteiger partial charge in [0.1, 0.15) is 0 Å². The maximum Gasteiger partial charge on any atom is 0.0829 e. The van der Waals surface area contributed by atoms with E-state index in [-0.39, 0.29) is 0 Å². The SMILES string of the molecule is CCC1CN(CC2CN(CC)CCO2)CCC1CN. The monoisotopic (exact) mass is 269 g/mol. The summed E-state index contributed by atoms with van der Waals surface area (Å²) >= 11 is 0. The summed E-state index contributed by atoms with van der Waals surface area (Å²) in [4.78, 5) is 5.10. The third kappa shape index (κ3) is 4.15. The Morgan fingerprint density at radius 3 is 2.63 bits per heavy atom. The minimum absolute atomic E-state index is 0.403. The molecule has 2 saturated heterocycles. The van der Waals surface area contributed by atoms with Crippen LogP contribution in [0.2, 0.25) is 0 Å². The average Bonchev–Trinajstić information content (AvgIpc) is 2.47. The summed E-state index contributed by atoms with van der Waals surface area (Å²) in [6.45, 7) is 13.1. The first-order valence-corrected chi connectivity index (χ1v) is 8.03. The van der Waals surface area contributed by atoms with E-state index in [0.29, 0.717) is 6.10 Å². The predicted molar refractivity (Wildman–Crippen MR) is 79.2 cm³/mol. The first-order valence-electron chi connectivity index (χ1n) is 8.03. The van der Waals surface area contributed by atoms with Crippen LogP contribution in [0.25, 0.3) is 0 Å². The molecule has 2 heterocycles. The van der Waals surface area contributed by atoms with Crippen LogP contribution in [0.3, 0.4) is 0 Å². The Bertz CT molecular complexity index is 262. The lowest BCUT2D eigenvalue weighted by molar-refractivity contribution is -0.0491. The van der Waals surface area contributed by atoms with Crippen LogP contribution < -0.4 is 5.73 Å². The minimum Gasteiger partial charge on any atom is -0.374 e. The molecule has 4 heteroatoms. The summed E-state index contributed by atoms with van der Waals surface area (Å²) in [6, 6.07) is 0. The maximum absolute atomic E-state index is 5.93. The van der Waals surface area contributed by atoms with E-state index in [1.54, 1.807) is 0 Å². The van der Waals surface area contributed by atoms with E-state index in [1.165, 1.54) is 25.9 Å². The number of hydrogen-bond acceptors (Lipinski definition) is 4. The molecule has 2 rings (SSSR count). The molecule has 0 radical (unpaired) electrons. The summed E-state index contributed by atoms with van der Waals surface area (Å²) < 4.78 is 5.93. The number of ether oxygens (including phenoxy) is 1. The van der Waals surface area contributed by atoms with Crippen molar-refractivity contribution in [3.8, 4) is 0 Å². The molecule has 0 spiro atoms. The van der Waals surface area contributed by atoms with Crippen molar-refractivity contribution >= 4 is 0 Å². The van der Waals surface area contributed by atoms with Gasteiger partial charge in [0.2, 0.25) is 0 Å². The average molecular weight is 269 g/mol. The lowest BCUT2D eigenvalue weighted by atomic mass is 9.83. The highest BCUT2D eigenvalue weighted by molar-refractivity contribution is 4.83. The number of morpholine rings is 1. The molecular formula is C15H31N3O. The largest absolute Gasteiger partial charge is 0.374 e. The Balaban J connectivity index is 1.79. The minimum atomic E-state index is 0.403. The lowest BCUT2D eigenvalue weighted by Gasteiger charge is -2.41. The Hall–Kier alpha value is -0.160. The Labute approximate surface area is 118 Å². The third-order valence-corrected chi connectivity index (χ3v) is 4.93. The van der Waals surface area contributed by atoms with E-state index < -0.39 is 0 Å². The Morgan fingerprint density at radius 1 is 1.11 bits per heavy atom. The zero-order valence-corrected chi connectivity index (χ0v) is 12.7. The molecule has 112 valence electrons. The zero-order valence-electron chi connectivity index (χ0n) is 12.7. The second-order valence-electron chi connectivity index (χ2n) is 6.10. The van der Waals surface area contributed by atoms with Crippen molar-refractivity contribution in [2.45, 2.75) is 32.8 Å². The molecule has 0 aromatic heterocycles. The van der Waals surface area contributed by atoms with Gasteiger partial charge in [-0.2, -0.15) is 0 Å². The van der Waals surface area contributed by atoms with Gasteiger partial charge in [0.25, 0.3) is 0 Å². The van der Waals surface area contributed by atoms with E-state index in [9.17, 15) is 0 Å². The highest BCUT2D eigenvalue weighted by Gasteiger charge is 2.29. The predicted octanol–water partition coefficient (Wildman–Crippen LogP) is 1.01. The van der Waals surface area contributed by atoms with Gasteiger partial charge in [-0.25, -0.2) is 0 Å². The molecule has 0 bridgehead atoms. The molecule has 3 atom stereocenters. The fourth-order valence-electron chi connectivity index (χ4n) is 3.56. The summed E-state index contributed by atoms with van der Waals surface area (Å²) in [5.41, 5.74) is 5.89. The molecule has 0 aromatic carbocycles. The highest BCUT2D eigenvalue weighted by Crippen LogP contribution is 2.25. The van der Waals surface area contributed by atoms with Gasteiger partial charge in [-0.1, -0.05) is 20.3 Å². The van der Waals surface area contributed by atoms with Crippen LogP contribution in [0, 0.1) is 11.8 Å². The normalized spacial score (nSPS) is 34.6. The third-order valence-electron chi connectivity index (χ3n) is 4.93. The molecule has 2 N–H and O–H groups in total. The van der Waals surface area contributed by atoms with Crippen LogP contribution in [-0.2, 0) is 4.74 Å². The molecule has 4 nitrogen and oxygen atoms in total. The highest BCUT2D eigenvalue weighted by atomic mass is 16.5. The number of hydrogen-bond donors (Lipinski definition) is 1. The summed E-state index contributed by atoms with van der Waals surface area (Å²) in [5, 5.41) is 0. The molecule has 19 heavy (non-hydrogen) atoms. The molecule has 2 aliphatic heterocycles. The van der Waals surface area contributed by atoms with Crippen molar-refractivity contribution in [1.82, 2.24) is 9.80 Å². The first kappa shape index (κ1) is 15.2. The van der Waals surface area contributed by atoms with Crippen molar-refractivity contribution in [3.05, 3.63) is 0 Å². The molecule has 0 saturated carbocycles. The van der Waals surface area contributed by atoms with Crippen LogP contribution >= 0.6 is 0 Å². The maximum atomic E-state index is 5.93. The molecule has 2 fully saturated rings. The molecule has 0 aliphatic carbocycles. The molecule has 3 unspecified atom stereocenters. The Kier molecular flexibility index (Phi) is 6.07. The fourth-order valence-corrected chi connectivity index (χ4v) is 3.56. The second kappa shape index (κ2) is 7.58. The number of likely N-dealkylation sites (tertiary alicyclic amines) is 1. The smallest absolute Gasteiger partial charge is 0.0829 e. The van der Waals surface area contributed by atoms with E-state index in [2.05, 4.69) is 23.6 Å². The number of piperidine rings is 1. The van der Waals surface area contributed by atoms with Gasteiger partial charge in [0.15, 0.2) is 0 Å². The van der Waals surface area contributed by atoms with Crippen molar-refractivity contribution < 1.29 is 4.74 Å². The quantitative estimate of drug-likeness (QED) is 0.809. The molecule has 0 aromatic rings. The molecule has 2 aliphatic rings. The van der Waals surface area contributed by atoms with Gasteiger partial charge in [0.05, 0.1) is 12.7 Å². The fraction of sp³-hybridized carbons (Fsp3) is 1.00. The van der Waals surface area contributed by atoms with Crippen molar-refractivity contribution in [3.63, 3.8) is 0 Å². The van der Waals surface area contributed by atoms with Gasteiger partial charge in [-0.05, 0) is 37.9 Å². The van der Waals surface area contributed by atoms with Gasteiger partial charge in [0, 0.05) is 26.2 Å². The van der Waals surface area contributed by atoms with E-state index in [0.717, 1.165) is 51.2 Å². The first-order chi connectivity index (χ1) is 9.26. The lowest BCUT2D eigenvalue weighted by Crippen LogP contribution is -2.50. The summed E-state index contributed by atoms with van der Waals surface area (Å²) in [5.74, 6) is 1.52. The van der Waals surface area contributed by atoms with Gasteiger partial charge in [-0.3, -0.25) is 4.90 Å². The van der Waals surface area contributed by atoms with Crippen LogP contribution in [-0.4, -0.2) is 68.3 Å². The van der Waals surface area contributed by atoms with Gasteiger partial charge < -0.3 is 15.4 Å². The van der Waals surface area contributed by atoms with Crippen LogP contribution in [0.15, 0.2) is 0 Å². The van der Waals surface area contributed by atoms with Gasteiger partial charge in [-0.15, -0.1) is 0 Å². The van der Waals surface area contributed by atoms with Crippen molar-refractivity contribution in [2.75, 3.05) is 52.4 Å². The number of likely N-dealkylation sites (N-methyl/N-ethyl adjacent to an activating group) is 1. The molecule has 0 amide bonds. The second-order valence-corrected chi connectivity index (χ2v) is 6.10. The van der Waals surface area contributed by atoms with Crippen molar-refractivity contribution in [2.24, 2.45) is 17.6 Å².